The number of para-hydroxylation sites is 2. The Morgan fingerprint density at radius 1 is 1.18 bits per heavy atom. The Morgan fingerprint density at radius 2 is 1.93 bits per heavy atom. The first-order chi connectivity index (χ1) is 13.4. The Balaban J connectivity index is 1.59. The van der Waals surface area contributed by atoms with E-state index >= 15 is 0 Å². The maximum Gasteiger partial charge on any atom is 0.573 e. The van der Waals surface area contributed by atoms with Crippen LogP contribution in [0.25, 0.3) is 0 Å². The highest BCUT2D eigenvalue weighted by atomic mass is 19.4. The van der Waals surface area contributed by atoms with Gasteiger partial charge in [0.2, 0.25) is 5.88 Å². The number of amides is 1. The smallest absolute Gasteiger partial charge is 0.477 e. The molecule has 1 fully saturated rings. The zero-order chi connectivity index (χ0) is 20.0. The number of benzene rings is 1. The van der Waals surface area contributed by atoms with Gasteiger partial charge >= 0.3 is 6.36 Å². The molecule has 9 heteroatoms. The number of nitrogens with zero attached hydrogens (tertiary/aromatic N) is 1. The third-order valence-corrected chi connectivity index (χ3v) is 4.17. The molecule has 0 aliphatic carbocycles. The van der Waals surface area contributed by atoms with Crippen LogP contribution in [0.3, 0.4) is 0 Å². The summed E-state index contributed by atoms with van der Waals surface area (Å²) < 4.78 is 52.2. The van der Waals surface area contributed by atoms with Crippen molar-refractivity contribution >= 4 is 11.6 Å². The first-order valence-corrected chi connectivity index (χ1v) is 8.73. The zero-order valence-corrected chi connectivity index (χ0v) is 14.9. The molecule has 2 heterocycles. The highest BCUT2D eigenvalue weighted by Gasteiger charge is 2.32. The molecule has 1 aromatic heterocycles. The number of hydrogen-bond acceptors (Lipinski definition) is 5. The molecular formula is C19H19F3N2O4. The Hall–Kier alpha value is -2.81. The summed E-state index contributed by atoms with van der Waals surface area (Å²) in [7, 11) is 0. The molecule has 1 N–H and O–H groups in total. The van der Waals surface area contributed by atoms with Crippen LogP contribution in [-0.2, 0) is 4.74 Å². The topological polar surface area (TPSA) is 69.7 Å². The van der Waals surface area contributed by atoms with Gasteiger partial charge < -0.3 is 19.5 Å². The van der Waals surface area contributed by atoms with Crippen LogP contribution in [0.15, 0.2) is 42.6 Å². The minimum Gasteiger partial charge on any atom is -0.477 e. The summed E-state index contributed by atoms with van der Waals surface area (Å²) in [6, 6.07) is 8.35. The van der Waals surface area contributed by atoms with E-state index in [0.717, 1.165) is 32.1 Å². The van der Waals surface area contributed by atoms with Crippen molar-refractivity contribution in [3.05, 3.63) is 48.2 Å². The van der Waals surface area contributed by atoms with Crippen LogP contribution in [0.5, 0.6) is 11.6 Å². The van der Waals surface area contributed by atoms with Gasteiger partial charge in [-0.2, -0.15) is 0 Å². The number of nitrogens with one attached hydrogen (secondary N) is 1. The highest BCUT2D eigenvalue weighted by Crippen LogP contribution is 2.30. The van der Waals surface area contributed by atoms with Gasteiger partial charge in [0.15, 0.2) is 5.75 Å². The van der Waals surface area contributed by atoms with Crippen LogP contribution in [0, 0.1) is 5.92 Å². The quantitative estimate of drug-likeness (QED) is 0.798. The average molecular weight is 396 g/mol. The van der Waals surface area contributed by atoms with E-state index in [1.54, 1.807) is 6.07 Å². The summed E-state index contributed by atoms with van der Waals surface area (Å²) in [5.74, 6) is -0.318. The van der Waals surface area contributed by atoms with Gasteiger partial charge in [-0.3, -0.25) is 4.79 Å². The highest BCUT2D eigenvalue weighted by molar-refractivity contribution is 6.04. The van der Waals surface area contributed by atoms with Gasteiger partial charge in [-0.05, 0) is 37.0 Å². The molecule has 0 bridgehead atoms. The van der Waals surface area contributed by atoms with Gasteiger partial charge in [-0.25, -0.2) is 4.98 Å². The number of hydrogen-bond donors (Lipinski definition) is 1. The Kier molecular flexibility index (Phi) is 6.35. The van der Waals surface area contributed by atoms with E-state index in [4.69, 9.17) is 9.47 Å². The standard InChI is InChI=1S/C19H19F3N2O4/c20-19(21,22)28-16-4-2-1-3-15(16)24-18(25)14-5-6-17(23-11-14)27-12-13-7-9-26-10-8-13/h1-6,11,13H,7-10,12H2,(H,24,25). The van der Waals surface area contributed by atoms with Crippen LogP contribution in [0.4, 0.5) is 18.9 Å². The summed E-state index contributed by atoms with van der Waals surface area (Å²) in [5.41, 5.74) is 0.0879. The summed E-state index contributed by atoms with van der Waals surface area (Å²) in [5, 5.41) is 2.39. The summed E-state index contributed by atoms with van der Waals surface area (Å²) in [6.07, 6.45) is -1.69. The Morgan fingerprint density at radius 3 is 2.61 bits per heavy atom. The molecule has 0 unspecified atom stereocenters. The summed E-state index contributed by atoms with van der Waals surface area (Å²) in [4.78, 5) is 16.4. The molecule has 0 radical (unpaired) electrons. The monoisotopic (exact) mass is 396 g/mol. The second kappa shape index (κ2) is 8.92. The van der Waals surface area contributed by atoms with Crippen molar-refractivity contribution in [2.75, 3.05) is 25.1 Å². The molecule has 1 aliphatic rings. The third-order valence-electron chi connectivity index (χ3n) is 4.17. The average Bonchev–Trinajstić information content (AvgIpc) is 2.68. The van der Waals surface area contributed by atoms with E-state index in [-0.39, 0.29) is 11.3 Å². The SMILES string of the molecule is O=C(Nc1ccccc1OC(F)(F)F)c1ccc(OCC2CCOCC2)nc1. The van der Waals surface area contributed by atoms with Crippen molar-refractivity contribution in [1.82, 2.24) is 4.98 Å². The molecule has 3 rings (SSSR count). The molecule has 1 aliphatic heterocycles. The van der Waals surface area contributed by atoms with E-state index in [9.17, 15) is 18.0 Å². The van der Waals surface area contributed by atoms with E-state index in [1.807, 2.05) is 0 Å². The molecule has 1 saturated heterocycles. The number of carbonyl (C=O) groups excluding carboxylic acids is 1. The number of halogens is 3. The first kappa shape index (κ1) is 19.9. The normalized spacial score (nSPS) is 15.1. The minimum atomic E-state index is -4.86. The lowest BCUT2D eigenvalue weighted by Crippen LogP contribution is -2.21. The lowest BCUT2D eigenvalue weighted by Gasteiger charge is -2.21. The van der Waals surface area contributed by atoms with E-state index in [2.05, 4.69) is 15.0 Å². The number of rotatable bonds is 6. The van der Waals surface area contributed by atoms with Crippen LogP contribution in [0.1, 0.15) is 23.2 Å². The zero-order valence-electron chi connectivity index (χ0n) is 14.9. The predicted molar refractivity (Wildman–Crippen MR) is 94.4 cm³/mol. The number of ether oxygens (including phenoxy) is 3. The molecule has 0 atom stereocenters. The summed E-state index contributed by atoms with van der Waals surface area (Å²) >= 11 is 0. The lowest BCUT2D eigenvalue weighted by atomic mass is 10.0. The van der Waals surface area contributed by atoms with Crippen molar-refractivity contribution in [3.8, 4) is 11.6 Å². The van der Waals surface area contributed by atoms with Gasteiger partial charge in [0.05, 0.1) is 17.9 Å². The van der Waals surface area contributed by atoms with E-state index < -0.39 is 18.0 Å². The predicted octanol–water partition coefficient (Wildman–Crippen LogP) is 4.04. The molecule has 2 aromatic rings. The fourth-order valence-electron chi connectivity index (χ4n) is 2.69. The van der Waals surface area contributed by atoms with E-state index in [1.165, 1.54) is 30.5 Å². The van der Waals surface area contributed by atoms with Crippen molar-refractivity contribution in [2.24, 2.45) is 5.92 Å². The van der Waals surface area contributed by atoms with Gasteiger partial charge in [0.1, 0.15) is 0 Å². The second-order valence-electron chi connectivity index (χ2n) is 6.25. The number of aromatic nitrogens is 1. The number of carbonyl (C=O) groups is 1. The molecule has 1 aromatic carbocycles. The molecule has 1 amide bonds. The van der Waals surface area contributed by atoms with Crippen LogP contribution >= 0.6 is 0 Å². The molecule has 6 nitrogen and oxygen atoms in total. The fraction of sp³-hybridized carbons (Fsp3) is 0.368. The van der Waals surface area contributed by atoms with Gasteiger partial charge in [0.25, 0.3) is 5.91 Å². The first-order valence-electron chi connectivity index (χ1n) is 8.73. The van der Waals surface area contributed by atoms with Crippen molar-refractivity contribution in [2.45, 2.75) is 19.2 Å². The number of pyridine rings is 1. The van der Waals surface area contributed by atoms with E-state index in [0.29, 0.717) is 18.4 Å². The lowest BCUT2D eigenvalue weighted by molar-refractivity contribution is -0.274. The Labute approximate surface area is 159 Å². The molecule has 28 heavy (non-hydrogen) atoms. The minimum absolute atomic E-state index is 0.0929. The molecule has 0 saturated carbocycles. The van der Waals surface area contributed by atoms with Crippen molar-refractivity contribution < 1.29 is 32.2 Å². The van der Waals surface area contributed by atoms with Crippen LogP contribution in [-0.4, -0.2) is 37.1 Å². The van der Waals surface area contributed by atoms with Crippen molar-refractivity contribution in [3.63, 3.8) is 0 Å². The maximum atomic E-state index is 12.5. The summed E-state index contributed by atoms with van der Waals surface area (Å²) in [6.45, 7) is 1.96. The second-order valence-corrected chi connectivity index (χ2v) is 6.25. The number of alkyl halides is 3. The van der Waals surface area contributed by atoms with Crippen molar-refractivity contribution in [1.29, 1.82) is 0 Å². The largest absolute Gasteiger partial charge is 0.573 e. The van der Waals surface area contributed by atoms with Gasteiger partial charge in [0, 0.05) is 25.5 Å². The molecule has 150 valence electrons. The Bertz CT molecular complexity index is 791. The molecular weight excluding hydrogens is 377 g/mol. The third kappa shape index (κ3) is 5.85. The maximum absolute atomic E-state index is 12.5. The molecule has 0 spiro atoms. The van der Waals surface area contributed by atoms with Gasteiger partial charge in [-0.15, -0.1) is 13.2 Å². The fourth-order valence-corrected chi connectivity index (χ4v) is 2.69. The van der Waals surface area contributed by atoms with Gasteiger partial charge in [-0.1, -0.05) is 12.1 Å². The number of anilines is 1. The van der Waals surface area contributed by atoms with Crippen LogP contribution in [0.2, 0.25) is 0 Å². The van der Waals surface area contributed by atoms with Crippen LogP contribution < -0.4 is 14.8 Å².